The molecule has 2 aromatic rings. The van der Waals surface area contributed by atoms with Gasteiger partial charge in [-0.3, -0.25) is 4.79 Å². The number of nitrogens with one attached hydrogen (secondary N) is 1. The topological polar surface area (TPSA) is 73.6 Å². The summed E-state index contributed by atoms with van der Waals surface area (Å²) in [6.07, 6.45) is 0. The van der Waals surface area contributed by atoms with Crippen LogP contribution >= 0.6 is 0 Å². The lowest BCUT2D eigenvalue weighted by atomic mass is 9.94. The van der Waals surface area contributed by atoms with Gasteiger partial charge in [-0.05, 0) is 23.3 Å². The molecule has 2 atom stereocenters. The Bertz CT molecular complexity index is 644. The third kappa shape index (κ3) is 5.89. The van der Waals surface area contributed by atoms with Crippen LogP contribution in [0, 0.1) is 5.92 Å². The number of ether oxygens (including phenoxy) is 2. The van der Waals surface area contributed by atoms with Crippen LogP contribution in [0.5, 0.6) is 5.75 Å². The molecule has 25 heavy (non-hydrogen) atoms. The Kier molecular flexibility index (Phi) is 7.44. The summed E-state index contributed by atoms with van der Waals surface area (Å²) in [6, 6.07) is 17.0. The van der Waals surface area contributed by atoms with E-state index < -0.39 is 0 Å². The molecular formula is C20H26N2O3. The Labute approximate surface area is 149 Å². The van der Waals surface area contributed by atoms with E-state index in [-0.39, 0.29) is 17.9 Å². The summed E-state index contributed by atoms with van der Waals surface area (Å²) in [5.74, 6) is 0.419. The van der Waals surface area contributed by atoms with Crippen molar-refractivity contribution >= 4 is 5.91 Å². The number of methoxy groups -OCH3 is 1. The molecule has 0 aliphatic rings. The van der Waals surface area contributed by atoms with Crippen LogP contribution in [0.4, 0.5) is 0 Å². The maximum Gasteiger partial charge on any atom is 0.225 e. The van der Waals surface area contributed by atoms with Crippen LogP contribution in [-0.4, -0.2) is 26.2 Å². The van der Waals surface area contributed by atoms with Gasteiger partial charge in [-0.15, -0.1) is 0 Å². The Balaban J connectivity index is 1.82. The van der Waals surface area contributed by atoms with Gasteiger partial charge in [0.2, 0.25) is 5.91 Å². The standard InChI is InChI=1S/C20H26N2O3/c1-15(19(21)17-6-4-3-5-7-17)20(23)22-14-16-8-10-18(11-9-16)25-13-12-24-2/h3-11,15,19H,12-14,21H2,1-2H3,(H,22,23). The third-order valence-electron chi connectivity index (χ3n) is 4.08. The second-order valence-corrected chi connectivity index (χ2v) is 5.93. The predicted molar refractivity (Wildman–Crippen MR) is 98.2 cm³/mol. The normalized spacial score (nSPS) is 13.1. The van der Waals surface area contributed by atoms with Crippen LogP contribution in [0.1, 0.15) is 24.1 Å². The first-order chi connectivity index (χ1) is 12.1. The molecule has 1 amide bonds. The number of hydrogen-bond acceptors (Lipinski definition) is 4. The first-order valence-corrected chi connectivity index (χ1v) is 8.40. The molecule has 0 aromatic heterocycles. The second-order valence-electron chi connectivity index (χ2n) is 5.93. The molecule has 5 heteroatoms. The quantitative estimate of drug-likeness (QED) is 0.687. The number of carbonyl (C=O) groups is 1. The van der Waals surface area contributed by atoms with Crippen molar-refractivity contribution in [2.24, 2.45) is 11.7 Å². The molecule has 2 rings (SSSR count). The average Bonchev–Trinajstić information content (AvgIpc) is 2.66. The first kappa shape index (κ1) is 19.0. The van der Waals surface area contributed by atoms with Crippen molar-refractivity contribution < 1.29 is 14.3 Å². The van der Waals surface area contributed by atoms with Gasteiger partial charge in [0.25, 0.3) is 0 Å². The number of benzene rings is 2. The largest absolute Gasteiger partial charge is 0.491 e. The molecule has 0 radical (unpaired) electrons. The highest BCUT2D eigenvalue weighted by Gasteiger charge is 2.21. The SMILES string of the molecule is COCCOc1ccc(CNC(=O)C(C)C(N)c2ccccc2)cc1. The van der Waals surface area contributed by atoms with E-state index in [1.807, 2.05) is 61.5 Å². The number of hydrogen-bond donors (Lipinski definition) is 2. The van der Waals surface area contributed by atoms with Crippen molar-refractivity contribution in [3.63, 3.8) is 0 Å². The van der Waals surface area contributed by atoms with E-state index >= 15 is 0 Å². The van der Waals surface area contributed by atoms with E-state index in [1.54, 1.807) is 7.11 Å². The molecule has 134 valence electrons. The number of rotatable bonds is 9. The van der Waals surface area contributed by atoms with Gasteiger partial charge < -0.3 is 20.5 Å². The highest BCUT2D eigenvalue weighted by atomic mass is 16.5. The highest BCUT2D eigenvalue weighted by molar-refractivity contribution is 5.79. The first-order valence-electron chi connectivity index (χ1n) is 8.40. The van der Waals surface area contributed by atoms with Crippen LogP contribution in [-0.2, 0) is 16.1 Å². The Hall–Kier alpha value is -2.37. The van der Waals surface area contributed by atoms with Crippen molar-refractivity contribution in [3.05, 3.63) is 65.7 Å². The van der Waals surface area contributed by atoms with E-state index in [1.165, 1.54) is 0 Å². The van der Waals surface area contributed by atoms with Gasteiger partial charge in [0, 0.05) is 19.7 Å². The molecule has 0 fully saturated rings. The van der Waals surface area contributed by atoms with Gasteiger partial charge >= 0.3 is 0 Å². The van der Waals surface area contributed by atoms with E-state index in [0.717, 1.165) is 16.9 Å². The molecule has 2 unspecified atom stereocenters. The van der Waals surface area contributed by atoms with E-state index in [2.05, 4.69) is 5.32 Å². The molecular weight excluding hydrogens is 316 g/mol. The number of carbonyl (C=O) groups excluding carboxylic acids is 1. The van der Waals surface area contributed by atoms with Crippen molar-refractivity contribution in [2.45, 2.75) is 19.5 Å². The fourth-order valence-electron chi connectivity index (χ4n) is 2.42. The van der Waals surface area contributed by atoms with Crippen LogP contribution < -0.4 is 15.8 Å². The summed E-state index contributed by atoms with van der Waals surface area (Å²) >= 11 is 0. The molecule has 3 N–H and O–H groups in total. The Morgan fingerprint density at radius 2 is 1.76 bits per heavy atom. The minimum atomic E-state index is -0.322. The summed E-state index contributed by atoms with van der Waals surface area (Å²) in [4.78, 5) is 12.3. The zero-order valence-corrected chi connectivity index (χ0v) is 14.8. The van der Waals surface area contributed by atoms with Gasteiger partial charge in [-0.25, -0.2) is 0 Å². The van der Waals surface area contributed by atoms with Crippen LogP contribution in [0.15, 0.2) is 54.6 Å². The maximum atomic E-state index is 12.3. The average molecular weight is 342 g/mol. The second kappa shape index (κ2) is 9.81. The van der Waals surface area contributed by atoms with Crippen molar-refractivity contribution in [2.75, 3.05) is 20.3 Å². The fraction of sp³-hybridized carbons (Fsp3) is 0.350. The molecule has 0 heterocycles. The third-order valence-corrected chi connectivity index (χ3v) is 4.08. The Morgan fingerprint density at radius 3 is 2.40 bits per heavy atom. The van der Waals surface area contributed by atoms with Gasteiger partial charge in [-0.1, -0.05) is 49.4 Å². The summed E-state index contributed by atoms with van der Waals surface area (Å²) in [6.45, 7) is 3.38. The minimum absolute atomic E-state index is 0.0585. The monoisotopic (exact) mass is 342 g/mol. The van der Waals surface area contributed by atoms with Gasteiger partial charge in [0.05, 0.1) is 12.5 Å². The number of nitrogens with two attached hydrogens (primary N) is 1. The lowest BCUT2D eigenvalue weighted by molar-refractivity contribution is -0.125. The molecule has 0 aliphatic carbocycles. The molecule has 0 saturated heterocycles. The molecule has 0 saturated carbocycles. The van der Waals surface area contributed by atoms with Crippen LogP contribution in [0.2, 0.25) is 0 Å². The van der Waals surface area contributed by atoms with Gasteiger partial charge in [0.1, 0.15) is 12.4 Å². The molecule has 0 spiro atoms. The summed E-state index contributed by atoms with van der Waals surface area (Å²) in [7, 11) is 1.64. The molecule has 0 bridgehead atoms. The highest BCUT2D eigenvalue weighted by Crippen LogP contribution is 2.19. The smallest absolute Gasteiger partial charge is 0.225 e. The lowest BCUT2D eigenvalue weighted by Crippen LogP contribution is -2.35. The zero-order chi connectivity index (χ0) is 18.1. The summed E-state index contributed by atoms with van der Waals surface area (Å²) < 4.78 is 10.5. The number of amides is 1. The van der Waals surface area contributed by atoms with Crippen molar-refractivity contribution in [1.82, 2.24) is 5.32 Å². The predicted octanol–water partition coefficient (Wildman–Crippen LogP) is 2.66. The summed E-state index contributed by atoms with van der Waals surface area (Å²) in [5.41, 5.74) is 8.17. The van der Waals surface area contributed by atoms with E-state index in [9.17, 15) is 4.79 Å². The zero-order valence-electron chi connectivity index (χ0n) is 14.8. The summed E-state index contributed by atoms with van der Waals surface area (Å²) in [5, 5.41) is 2.94. The van der Waals surface area contributed by atoms with Gasteiger partial charge in [0.15, 0.2) is 0 Å². The van der Waals surface area contributed by atoms with Gasteiger partial charge in [-0.2, -0.15) is 0 Å². The van der Waals surface area contributed by atoms with Crippen molar-refractivity contribution in [1.29, 1.82) is 0 Å². The van der Waals surface area contributed by atoms with E-state index in [0.29, 0.717) is 19.8 Å². The lowest BCUT2D eigenvalue weighted by Gasteiger charge is -2.20. The van der Waals surface area contributed by atoms with E-state index in [4.69, 9.17) is 15.2 Å². The maximum absolute atomic E-state index is 12.3. The molecule has 2 aromatic carbocycles. The van der Waals surface area contributed by atoms with Crippen molar-refractivity contribution in [3.8, 4) is 5.75 Å². The Morgan fingerprint density at radius 1 is 1.08 bits per heavy atom. The molecule has 5 nitrogen and oxygen atoms in total. The minimum Gasteiger partial charge on any atom is -0.491 e. The molecule has 0 aliphatic heterocycles. The fourth-order valence-corrected chi connectivity index (χ4v) is 2.42. The van der Waals surface area contributed by atoms with Crippen LogP contribution in [0.3, 0.4) is 0 Å². The van der Waals surface area contributed by atoms with Crippen LogP contribution in [0.25, 0.3) is 0 Å².